The smallest absolute Gasteiger partial charge is 0.335 e. The third kappa shape index (κ3) is 3.42. The molecule has 1 aliphatic rings. The molecular weight excluding hydrogens is 254 g/mol. The van der Waals surface area contributed by atoms with Gasteiger partial charge in [0.25, 0.3) is 0 Å². The topological polar surface area (TPSA) is 86.9 Å². The highest BCUT2D eigenvalue weighted by Crippen LogP contribution is 2.11. The largest absolute Gasteiger partial charge is 0.399 e. The normalized spacial score (nSPS) is 18.9. The Morgan fingerprint density at radius 2 is 1.67 bits per heavy atom. The number of hydrogen-bond acceptors (Lipinski definition) is 4. The van der Waals surface area contributed by atoms with E-state index in [1.807, 2.05) is 24.3 Å². The highest BCUT2D eigenvalue weighted by atomic mass is 32.2. The zero-order valence-electron chi connectivity index (χ0n) is 9.99. The van der Waals surface area contributed by atoms with E-state index < -0.39 is 10.3 Å². The van der Waals surface area contributed by atoms with Crippen molar-refractivity contribution in [2.24, 2.45) is 0 Å². The third-order valence-electron chi connectivity index (χ3n) is 3.04. The molecule has 0 saturated carbocycles. The summed E-state index contributed by atoms with van der Waals surface area (Å²) in [6.07, 6.45) is 0. The average molecular weight is 271 g/mol. The molecule has 3 N–H and O–H groups in total. The van der Waals surface area contributed by atoms with Crippen LogP contribution in [0.3, 0.4) is 0 Å². The minimum Gasteiger partial charge on any atom is -0.399 e. The zero-order chi connectivity index (χ0) is 13.2. The van der Waals surface area contributed by atoms with E-state index in [-0.39, 0.29) is 0 Å². The van der Waals surface area contributed by atoms with Crippen molar-refractivity contribution in [1.29, 1.82) is 0 Å². The minimum absolute atomic E-state index is 0.327. The summed E-state index contributed by atoms with van der Waals surface area (Å²) in [4.78, 5) is 2.15. The molecule has 100 valence electrons. The van der Waals surface area contributed by atoms with Crippen LogP contribution >= 0.6 is 0 Å². The maximum Gasteiger partial charge on any atom is 0.335 e. The highest BCUT2D eigenvalue weighted by Gasteiger charge is 2.24. The molecule has 1 heterocycles. The Kier molecular flexibility index (Phi) is 3.86. The third-order valence-corrected chi connectivity index (χ3v) is 4.06. The average Bonchev–Trinajstić information content (AvgIpc) is 2.32. The lowest BCUT2D eigenvalue weighted by atomic mass is 10.2. The van der Waals surface area contributed by atoms with E-state index in [1.165, 1.54) is 0 Å². The fourth-order valence-electron chi connectivity index (χ4n) is 2.00. The molecule has 0 unspecified atom stereocenters. The first-order valence-corrected chi connectivity index (χ1v) is 7.14. The Morgan fingerprint density at radius 3 is 2.17 bits per heavy atom. The Bertz CT molecular complexity index is 493. The molecule has 6 nitrogen and oxygen atoms in total. The monoisotopic (exact) mass is 271 g/mol. The highest BCUT2D eigenvalue weighted by molar-refractivity contribution is 7.83. The van der Waals surface area contributed by atoms with Gasteiger partial charge in [-0.05, 0) is 17.7 Å². The molecule has 0 bridgehead atoms. The van der Waals surface area contributed by atoms with E-state index in [9.17, 15) is 8.42 Å². The maximum atomic E-state index is 10.9. The molecule has 0 atom stereocenters. The van der Waals surface area contributed by atoms with Gasteiger partial charge in [-0.15, -0.1) is 0 Å². The predicted octanol–water partition coefficient (Wildman–Crippen LogP) is 0.189. The van der Waals surface area contributed by atoms with E-state index in [0.717, 1.165) is 22.1 Å². The van der Waals surface area contributed by atoms with Crippen molar-refractivity contribution in [3.05, 3.63) is 29.8 Å². The maximum absolute atomic E-state index is 10.9. The Labute approximate surface area is 107 Å². The fraction of sp³-hybridized carbons (Fsp3) is 0.455. The van der Waals surface area contributed by atoms with Crippen LogP contribution in [-0.4, -0.2) is 48.4 Å². The van der Waals surface area contributed by atoms with Crippen LogP contribution in [0.1, 0.15) is 5.56 Å². The zero-order valence-corrected chi connectivity index (χ0v) is 10.8. The SMILES string of the molecule is Nc1ccc(CN2CCN(S(=O)(=O)O)CC2)cc1. The molecule has 1 saturated heterocycles. The second-order valence-corrected chi connectivity index (χ2v) is 5.81. The van der Waals surface area contributed by atoms with Gasteiger partial charge >= 0.3 is 10.3 Å². The molecule has 0 amide bonds. The first-order valence-electron chi connectivity index (χ1n) is 5.74. The summed E-state index contributed by atoms with van der Waals surface area (Å²) >= 11 is 0. The minimum atomic E-state index is -4.04. The van der Waals surface area contributed by atoms with Gasteiger partial charge in [-0.2, -0.15) is 12.7 Å². The van der Waals surface area contributed by atoms with E-state index in [4.69, 9.17) is 10.3 Å². The molecule has 7 heteroatoms. The molecule has 18 heavy (non-hydrogen) atoms. The van der Waals surface area contributed by atoms with Crippen molar-refractivity contribution >= 4 is 16.0 Å². The summed E-state index contributed by atoms with van der Waals surface area (Å²) < 4.78 is 31.9. The van der Waals surface area contributed by atoms with Gasteiger partial charge in [0.2, 0.25) is 0 Å². The number of nitrogens with two attached hydrogens (primary N) is 1. The number of benzene rings is 1. The summed E-state index contributed by atoms with van der Waals surface area (Å²) in [5, 5.41) is 0. The van der Waals surface area contributed by atoms with Gasteiger partial charge < -0.3 is 5.73 Å². The molecule has 0 spiro atoms. The van der Waals surface area contributed by atoms with Crippen molar-refractivity contribution in [2.45, 2.75) is 6.54 Å². The van der Waals surface area contributed by atoms with Crippen LogP contribution in [-0.2, 0) is 16.8 Å². The summed E-state index contributed by atoms with van der Waals surface area (Å²) in [6, 6.07) is 7.63. The van der Waals surface area contributed by atoms with E-state index in [1.54, 1.807) is 0 Å². The van der Waals surface area contributed by atoms with Crippen LogP contribution in [0.15, 0.2) is 24.3 Å². The van der Waals surface area contributed by atoms with Gasteiger partial charge in [0.1, 0.15) is 0 Å². The second-order valence-electron chi connectivity index (χ2n) is 4.39. The van der Waals surface area contributed by atoms with E-state index in [0.29, 0.717) is 26.2 Å². The number of piperazine rings is 1. The van der Waals surface area contributed by atoms with Gasteiger partial charge in [-0.25, -0.2) is 0 Å². The predicted molar refractivity (Wildman–Crippen MR) is 69.3 cm³/mol. The molecule has 1 aromatic rings. The number of hydrogen-bond donors (Lipinski definition) is 2. The molecule has 0 aliphatic carbocycles. The van der Waals surface area contributed by atoms with Crippen LogP contribution in [0.5, 0.6) is 0 Å². The fourth-order valence-corrected chi connectivity index (χ4v) is 2.62. The van der Waals surface area contributed by atoms with Crippen LogP contribution in [0.4, 0.5) is 5.69 Å². The van der Waals surface area contributed by atoms with Crippen molar-refractivity contribution in [3.8, 4) is 0 Å². The molecule has 2 rings (SSSR count). The summed E-state index contributed by atoms with van der Waals surface area (Å²) in [7, 11) is -4.04. The number of anilines is 1. The van der Waals surface area contributed by atoms with Crippen molar-refractivity contribution in [2.75, 3.05) is 31.9 Å². The van der Waals surface area contributed by atoms with Gasteiger partial charge in [0.15, 0.2) is 0 Å². The molecule has 0 radical (unpaired) electrons. The van der Waals surface area contributed by atoms with Crippen molar-refractivity contribution < 1.29 is 13.0 Å². The second kappa shape index (κ2) is 5.23. The van der Waals surface area contributed by atoms with E-state index >= 15 is 0 Å². The number of rotatable bonds is 3. The Morgan fingerprint density at radius 1 is 1.11 bits per heavy atom. The molecule has 1 aliphatic heterocycles. The quantitative estimate of drug-likeness (QED) is 0.605. The molecule has 1 aromatic carbocycles. The lowest BCUT2D eigenvalue weighted by Crippen LogP contribution is -2.47. The molecule has 1 fully saturated rings. The standard InChI is InChI=1S/C11H17N3O3S/c12-11-3-1-10(2-4-11)9-13-5-7-14(8-6-13)18(15,16)17/h1-4H,5-9,12H2,(H,15,16,17). The summed E-state index contributed by atoms with van der Waals surface area (Å²) in [6.45, 7) is 2.65. The van der Waals surface area contributed by atoms with Crippen LogP contribution in [0.25, 0.3) is 0 Å². The first-order chi connectivity index (χ1) is 8.45. The van der Waals surface area contributed by atoms with Crippen molar-refractivity contribution in [1.82, 2.24) is 9.21 Å². The lowest BCUT2D eigenvalue weighted by molar-refractivity contribution is 0.173. The van der Waals surface area contributed by atoms with Crippen molar-refractivity contribution in [3.63, 3.8) is 0 Å². The lowest BCUT2D eigenvalue weighted by Gasteiger charge is -2.32. The molecular formula is C11H17N3O3S. The van der Waals surface area contributed by atoms with Crippen LogP contribution in [0, 0.1) is 0 Å². The number of nitrogens with zero attached hydrogens (tertiary/aromatic N) is 2. The summed E-state index contributed by atoms with van der Waals surface area (Å²) in [5.41, 5.74) is 7.49. The van der Waals surface area contributed by atoms with Crippen LogP contribution in [0.2, 0.25) is 0 Å². The molecule has 0 aromatic heterocycles. The summed E-state index contributed by atoms with van der Waals surface area (Å²) in [5.74, 6) is 0. The number of nitrogen functional groups attached to an aromatic ring is 1. The van der Waals surface area contributed by atoms with Crippen LogP contribution < -0.4 is 5.73 Å². The first kappa shape index (κ1) is 13.3. The van der Waals surface area contributed by atoms with Gasteiger partial charge in [-0.3, -0.25) is 9.45 Å². The van der Waals surface area contributed by atoms with E-state index in [2.05, 4.69) is 4.90 Å². The van der Waals surface area contributed by atoms with Gasteiger partial charge in [0.05, 0.1) is 0 Å². The van der Waals surface area contributed by atoms with Gasteiger partial charge in [0, 0.05) is 38.4 Å². The Balaban J connectivity index is 1.89. The Hall–Kier alpha value is -1.15. The van der Waals surface area contributed by atoms with Gasteiger partial charge in [-0.1, -0.05) is 12.1 Å².